The summed E-state index contributed by atoms with van der Waals surface area (Å²) < 4.78 is 25.7. The Morgan fingerprint density at radius 1 is 1.14 bits per heavy atom. The van der Waals surface area contributed by atoms with Crippen LogP contribution in [0.1, 0.15) is 26.2 Å². The molecule has 1 aliphatic heterocycles. The van der Waals surface area contributed by atoms with Crippen LogP contribution in [0.15, 0.2) is 41.4 Å². The van der Waals surface area contributed by atoms with Crippen LogP contribution in [0, 0.1) is 0 Å². The molecule has 1 aliphatic rings. The number of fused-ring (bicyclic) bond motifs is 1. The van der Waals surface area contributed by atoms with Crippen molar-refractivity contribution in [3.8, 4) is 0 Å². The van der Waals surface area contributed by atoms with E-state index in [1.54, 1.807) is 18.3 Å². The molecule has 0 bridgehead atoms. The number of hydrogen-bond donors (Lipinski definition) is 1. The highest BCUT2D eigenvalue weighted by atomic mass is 32.2. The highest BCUT2D eigenvalue weighted by Crippen LogP contribution is 2.22. The fourth-order valence-corrected chi connectivity index (χ4v) is 5.19. The summed E-state index contributed by atoms with van der Waals surface area (Å²) in [6.07, 6.45) is 5.34. The van der Waals surface area contributed by atoms with Crippen LogP contribution < -0.4 is 4.90 Å². The third-order valence-corrected chi connectivity index (χ3v) is 6.53. The van der Waals surface area contributed by atoms with Gasteiger partial charge < -0.3 is 4.90 Å². The minimum absolute atomic E-state index is 0.129. The fraction of sp³-hybridized carbons (Fsp3) is 0.471. The zero-order valence-corrected chi connectivity index (χ0v) is 13.8. The Kier molecular flexibility index (Phi) is 4.45. The first-order valence-corrected chi connectivity index (χ1v) is 9.64. The summed E-state index contributed by atoms with van der Waals surface area (Å²) in [5.41, 5.74) is 0.589. The summed E-state index contributed by atoms with van der Waals surface area (Å²) in [6, 6.07) is 9.25. The molecule has 22 heavy (non-hydrogen) atoms. The summed E-state index contributed by atoms with van der Waals surface area (Å²) in [7, 11) is -3.32. The maximum atomic E-state index is 12.8. The van der Waals surface area contributed by atoms with Crippen molar-refractivity contribution in [3.05, 3.63) is 36.5 Å². The largest absolute Gasteiger partial charge is 0.332 e. The quantitative estimate of drug-likeness (QED) is 0.928. The van der Waals surface area contributed by atoms with E-state index in [1.807, 2.05) is 18.2 Å². The van der Waals surface area contributed by atoms with Gasteiger partial charge in [-0.1, -0.05) is 18.2 Å². The highest BCUT2D eigenvalue weighted by molar-refractivity contribution is 7.91. The molecule has 1 fully saturated rings. The van der Waals surface area contributed by atoms with Gasteiger partial charge in [-0.3, -0.25) is 4.98 Å². The second-order valence-corrected chi connectivity index (χ2v) is 8.24. The first-order chi connectivity index (χ1) is 10.6. The molecule has 118 valence electrons. The van der Waals surface area contributed by atoms with Crippen LogP contribution in [0.25, 0.3) is 10.9 Å². The Morgan fingerprint density at radius 3 is 2.64 bits per heavy atom. The van der Waals surface area contributed by atoms with Crippen molar-refractivity contribution in [1.82, 2.24) is 4.98 Å². The van der Waals surface area contributed by atoms with E-state index >= 15 is 0 Å². The normalized spacial score (nSPS) is 18.4. The number of sulfone groups is 1. The lowest BCUT2D eigenvalue weighted by Gasteiger charge is -2.29. The highest BCUT2D eigenvalue weighted by Gasteiger charge is 2.28. The lowest BCUT2D eigenvalue weighted by molar-refractivity contribution is -0.925. The lowest BCUT2D eigenvalue weighted by Crippen LogP contribution is -3.16. The van der Waals surface area contributed by atoms with Crippen molar-refractivity contribution in [2.75, 3.05) is 18.8 Å². The van der Waals surface area contributed by atoms with Gasteiger partial charge in [0, 0.05) is 11.6 Å². The lowest BCUT2D eigenvalue weighted by atomic mass is 10.1. The van der Waals surface area contributed by atoms with E-state index in [9.17, 15) is 8.42 Å². The topological polar surface area (TPSA) is 51.5 Å². The third kappa shape index (κ3) is 3.15. The Balaban J connectivity index is 1.88. The molecule has 2 aromatic rings. The second kappa shape index (κ2) is 6.34. The number of aromatic nitrogens is 1. The summed E-state index contributed by atoms with van der Waals surface area (Å²) in [5, 5.41) is 0.876. The molecule has 1 atom stereocenters. The van der Waals surface area contributed by atoms with Crippen LogP contribution in [0.2, 0.25) is 0 Å². The molecule has 2 heterocycles. The number of likely N-dealkylation sites (tertiary alicyclic amines) is 1. The van der Waals surface area contributed by atoms with Gasteiger partial charge in [0.05, 0.1) is 29.5 Å². The number of rotatable bonds is 4. The number of hydrogen-bond acceptors (Lipinski definition) is 3. The van der Waals surface area contributed by atoms with Crippen LogP contribution in [0.3, 0.4) is 0 Å². The summed E-state index contributed by atoms with van der Waals surface area (Å²) in [4.78, 5) is 6.07. The minimum atomic E-state index is -3.32. The molecule has 1 N–H and O–H groups in total. The van der Waals surface area contributed by atoms with E-state index in [1.165, 1.54) is 24.2 Å². The molecule has 1 aromatic carbocycles. The van der Waals surface area contributed by atoms with Gasteiger partial charge in [0.25, 0.3) is 0 Å². The van der Waals surface area contributed by atoms with Gasteiger partial charge in [0.2, 0.25) is 0 Å². The van der Waals surface area contributed by atoms with Gasteiger partial charge in [-0.15, -0.1) is 0 Å². The van der Waals surface area contributed by atoms with Gasteiger partial charge in [-0.2, -0.15) is 0 Å². The molecule has 0 radical (unpaired) electrons. The van der Waals surface area contributed by atoms with Crippen molar-refractivity contribution in [2.24, 2.45) is 0 Å². The number of nitrogens with one attached hydrogen (secondary N) is 1. The SMILES string of the molecule is C[C@H](CS(=O)(=O)c1cccc2cccnc12)[NH+]1CCCCC1. The maximum Gasteiger partial charge on any atom is 0.186 e. The van der Waals surface area contributed by atoms with E-state index in [2.05, 4.69) is 11.9 Å². The van der Waals surface area contributed by atoms with Crippen LogP contribution in [-0.2, 0) is 9.84 Å². The molecule has 3 rings (SSSR count). The predicted molar refractivity (Wildman–Crippen MR) is 87.8 cm³/mol. The van der Waals surface area contributed by atoms with Crippen molar-refractivity contribution in [3.63, 3.8) is 0 Å². The monoisotopic (exact) mass is 319 g/mol. The number of quaternary nitrogens is 1. The molecule has 0 saturated carbocycles. The van der Waals surface area contributed by atoms with Gasteiger partial charge in [0.1, 0.15) is 5.75 Å². The summed E-state index contributed by atoms with van der Waals surface area (Å²) in [5.74, 6) is 0.192. The van der Waals surface area contributed by atoms with E-state index in [0.29, 0.717) is 10.4 Å². The number of piperidine rings is 1. The standard InChI is InChI=1S/C17H22N2O2S/c1-14(19-11-3-2-4-12-19)13-22(20,21)16-9-5-7-15-8-6-10-18-17(15)16/h5-10,14H,2-4,11-13H2,1H3/p+1/t14-/m1/s1. The third-order valence-electron chi connectivity index (χ3n) is 4.59. The molecule has 0 unspecified atom stereocenters. The fourth-order valence-electron chi connectivity index (χ4n) is 3.36. The van der Waals surface area contributed by atoms with Crippen molar-refractivity contribution < 1.29 is 13.3 Å². The van der Waals surface area contributed by atoms with Crippen molar-refractivity contribution >= 4 is 20.7 Å². The Bertz CT molecular complexity index is 747. The number of benzene rings is 1. The van der Waals surface area contributed by atoms with Gasteiger partial charge in [-0.25, -0.2) is 8.42 Å². The number of nitrogens with zero attached hydrogens (tertiary/aromatic N) is 1. The number of para-hydroxylation sites is 1. The number of pyridine rings is 1. The van der Waals surface area contributed by atoms with Gasteiger partial charge in [0.15, 0.2) is 9.84 Å². The van der Waals surface area contributed by atoms with E-state index in [-0.39, 0.29) is 11.8 Å². The van der Waals surface area contributed by atoms with Crippen LogP contribution >= 0.6 is 0 Å². The van der Waals surface area contributed by atoms with Gasteiger partial charge in [-0.05, 0) is 38.3 Å². The molecule has 5 heteroatoms. The molecule has 0 spiro atoms. The predicted octanol–water partition coefficient (Wildman–Crippen LogP) is 1.47. The molecular formula is C17H23N2O2S+. The molecule has 4 nitrogen and oxygen atoms in total. The Hall–Kier alpha value is -1.46. The molecule has 0 aliphatic carbocycles. The second-order valence-electron chi connectivity index (χ2n) is 6.23. The smallest absolute Gasteiger partial charge is 0.186 e. The maximum absolute atomic E-state index is 12.8. The molecule has 1 saturated heterocycles. The van der Waals surface area contributed by atoms with Crippen molar-refractivity contribution in [1.29, 1.82) is 0 Å². The molecule has 0 amide bonds. The molecular weight excluding hydrogens is 296 g/mol. The average molecular weight is 319 g/mol. The van der Waals surface area contributed by atoms with E-state index in [4.69, 9.17) is 0 Å². The van der Waals surface area contributed by atoms with E-state index < -0.39 is 9.84 Å². The first kappa shape index (κ1) is 15.4. The van der Waals surface area contributed by atoms with Crippen molar-refractivity contribution in [2.45, 2.75) is 37.1 Å². The molecule has 1 aromatic heterocycles. The minimum Gasteiger partial charge on any atom is -0.332 e. The summed E-state index contributed by atoms with van der Waals surface area (Å²) >= 11 is 0. The van der Waals surface area contributed by atoms with Crippen LogP contribution in [0.4, 0.5) is 0 Å². The van der Waals surface area contributed by atoms with Crippen LogP contribution in [-0.4, -0.2) is 38.3 Å². The Labute approximate surface area is 132 Å². The summed E-state index contributed by atoms with van der Waals surface area (Å²) in [6.45, 7) is 4.23. The van der Waals surface area contributed by atoms with Crippen LogP contribution in [0.5, 0.6) is 0 Å². The zero-order chi connectivity index (χ0) is 15.6. The first-order valence-electron chi connectivity index (χ1n) is 7.99. The zero-order valence-electron chi connectivity index (χ0n) is 13.0. The average Bonchev–Trinajstić information content (AvgIpc) is 2.54. The van der Waals surface area contributed by atoms with Gasteiger partial charge >= 0.3 is 0 Å². The Morgan fingerprint density at radius 2 is 1.86 bits per heavy atom. The van der Waals surface area contributed by atoms with E-state index in [0.717, 1.165) is 18.5 Å².